The van der Waals surface area contributed by atoms with Gasteiger partial charge in [0.25, 0.3) is 11.8 Å². The number of hydrogen-bond acceptors (Lipinski definition) is 5. The highest BCUT2D eigenvalue weighted by atomic mass is 19.1. The summed E-state index contributed by atoms with van der Waals surface area (Å²) in [5, 5.41) is 4.93. The van der Waals surface area contributed by atoms with Crippen LogP contribution in [-0.4, -0.2) is 32.1 Å². The van der Waals surface area contributed by atoms with Crippen LogP contribution in [0.25, 0.3) is 0 Å². The van der Waals surface area contributed by atoms with Crippen molar-refractivity contribution in [2.24, 2.45) is 0 Å². The molecular formula is C25H24F2N2O5. The molecule has 2 N–H and O–H groups in total. The zero-order chi connectivity index (χ0) is 24.7. The SMILES string of the molecule is CCOc1ccc(F)c(NC(=O)c2ccc(OC)c(C(=O)Nc3cc(OCC)ccc3F)c2)c1. The van der Waals surface area contributed by atoms with Gasteiger partial charge in [-0.2, -0.15) is 0 Å². The summed E-state index contributed by atoms with van der Waals surface area (Å²) in [7, 11) is 1.36. The van der Waals surface area contributed by atoms with E-state index in [9.17, 15) is 18.4 Å². The predicted octanol–water partition coefficient (Wildman–Crippen LogP) is 5.28. The standard InChI is InChI=1S/C25H24F2N2O5/c1-4-33-16-7-9-19(26)21(13-16)28-24(30)15-6-11-23(32-3)18(12-15)25(31)29-22-14-17(34-5-2)8-10-20(22)27/h6-14H,4-5H2,1-3H3,(H,28,30)(H,29,31). The molecule has 0 unspecified atom stereocenters. The van der Waals surface area contributed by atoms with Crippen LogP contribution in [0.5, 0.6) is 17.2 Å². The molecule has 7 nitrogen and oxygen atoms in total. The Morgan fingerprint density at radius 2 is 1.29 bits per heavy atom. The van der Waals surface area contributed by atoms with E-state index in [0.717, 1.165) is 0 Å². The van der Waals surface area contributed by atoms with Crippen molar-refractivity contribution in [3.05, 3.63) is 77.4 Å². The predicted molar refractivity (Wildman–Crippen MR) is 124 cm³/mol. The zero-order valence-electron chi connectivity index (χ0n) is 18.9. The fourth-order valence-corrected chi connectivity index (χ4v) is 3.12. The molecule has 0 aliphatic carbocycles. The Bertz CT molecular complexity index is 1200. The molecule has 0 fully saturated rings. The number of ether oxygens (including phenoxy) is 3. The summed E-state index contributed by atoms with van der Waals surface area (Å²) in [6, 6.07) is 12.1. The molecule has 0 aliphatic rings. The number of methoxy groups -OCH3 is 1. The molecule has 0 heterocycles. The van der Waals surface area contributed by atoms with Crippen molar-refractivity contribution in [3.63, 3.8) is 0 Å². The highest BCUT2D eigenvalue weighted by molar-refractivity contribution is 6.10. The second-order valence-corrected chi connectivity index (χ2v) is 6.97. The molecule has 0 aromatic heterocycles. The van der Waals surface area contributed by atoms with Crippen LogP contribution >= 0.6 is 0 Å². The van der Waals surface area contributed by atoms with E-state index < -0.39 is 23.4 Å². The first kappa shape index (κ1) is 24.5. The molecule has 0 aliphatic heterocycles. The van der Waals surface area contributed by atoms with Gasteiger partial charge in [-0.25, -0.2) is 8.78 Å². The first-order valence-corrected chi connectivity index (χ1v) is 10.5. The average Bonchev–Trinajstić information content (AvgIpc) is 2.83. The van der Waals surface area contributed by atoms with Crippen molar-refractivity contribution in [1.29, 1.82) is 0 Å². The Labute approximate surface area is 195 Å². The Morgan fingerprint density at radius 3 is 1.79 bits per heavy atom. The summed E-state index contributed by atoms with van der Waals surface area (Å²) >= 11 is 0. The number of anilines is 2. The number of amides is 2. The van der Waals surface area contributed by atoms with Gasteiger partial charge < -0.3 is 24.8 Å². The van der Waals surface area contributed by atoms with E-state index in [-0.39, 0.29) is 28.3 Å². The number of nitrogens with one attached hydrogen (secondary N) is 2. The van der Waals surface area contributed by atoms with Crippen LogP contribution in [0.4, 0.5) is 20.2 Å². The fourth-order valence-electron chi connectivity index (χ4n) is 3.12. The van der Waals surface area contributed by atoms with Crippen molar-refractivity contribution in [3.8, 4) is 17.2 Å². The monoisotopic (exact) mass is 470 g/mol. The van der Waals surface area contributed by atoms with Crippen LogP contribution in [0.2, 0.25) is 0 Å². The van der Waals surface area contributed by atoms with E-state index in [4.69, 9.17) is 14.2 Å². The molecule has 3 aromatic rings. The molecule has 3 aromatic carbocycles. The smallest absolute Gasteiger partial charge is 0.259 e. The minimum Gasteiger partial charge on any atom is -0.496 e. The number of rotatable bonds is 9. The van der Waals surface area contributed by atoms with Crippen LogP contribution in [0.1, 0.15) is 34.6 Å². The Morgan fingerprint density at radius 1 is 0.765 bits per heavy atom. The van der Waals surface area contributed by atoms with E-state index in [2.05, 4.69) is 10.6 Å². The molecular weight excluding hydrogens is 446 g/mol. The number of halogens is 2. The van der Waals surface area contributed by atoms with E-state index >= 15 is 0 Å². The molecule has 178 valence electrons. The molecule has 0 atom stereocenters. The highest BCUT2D eigenvalue weighted by Crippen LogP contribution is 2.26. The van der Waals surface area contributed by atoms with E-state index in [1.165, 1.54) is 61.7 Å². The van der Waals surface area contributed by atoms with Gasteiger partial charge in [0.05, 0.1) is 37.3 Å². The highest BCUT2D eigenvalue weighted by Gasteiger charge is 2.19. The molecule has 0 saturated heterocycles. The van der Waals surface area contributed by atoms with Crippen molar-refractivity contribution in [2.75, 3.05) is 31.0 Å². The third-order valence-corrected chi connectivity index (χ3v) is 4.70. The van der Waals surface area contributed by atoms with Gasteiger partial charge in [-0.15, -0.1) is 0 Å². The summed E-state index contributed by atoms with van der Waals surface area (Å²) < 4.78 is 44.3. The minimum absolute atomic E-state index is 0.0140. The third kappa shape index (κ3) is 5.80. The second kappa shape index (κ2) is 11.1. The maximum Gasteiger partial charge on any atom is 0.259 e. The summed E-state index contributed by atoms with van der Waals surface area (Å²) in [4.78, 5) is 25.7. The van der Waals surface area contributed by atoms with Gasteiger partial charge in [0.2, 0.25) is 0 Å². The molecule has 3 rings (SSSR count). The molecule has 9 heteroatoms. The van der Waals surface area contributed by atoms with Gasteiger partial charge in [0.1, 0.15) is 28.9 Å². The third-order valence-electron chi connectivity index (χ3n) is 4.70. The minimum atomic E-state index is -0.705. The number of benzene rings is 3. The van der Waals surface area contributed by atoms with Crippen molar-refractivity contribution < 1.29 is 32.6 Å². The number of carbonyl (C=O) groups is 2. The second-order valence-electron chi connectivity index (χ2n) is 6.97. The number of hydrogen-bond donors (Lipinski definition) is 2. The van der Waals surface area contributed by atoms with Crippen molar-refractivity contribution in [1.82, 2.24) is 0 Å². The number of carbonyl (C=O) groups excluding carboxylic acids is 2. The van der Waals surface area contributed by atoms with E-state index in [0.29, 0.717) is 24.7 Å². The maximum absolute atomic E-state index is 14.2. The van der Waals surface area contributed by atoms with Gasteiger partial charge in [-0.3, -0.25) is 9.59 Å². The lowest BCUT2D eigenvalue weighted by atomic mass is 10.1. The zero-order valence-corrected chi connectivity index (χ0v) is 18.9. The van der Waals surface area contributed by atoms with Gasteiger partial charge >= 0.3 is 0 Å². The molecule has 0 bridgehead atoms. The quantitative estimate of drug-likeness (QED) is 0.445. The maximum atomic E-state index is 14.2. The fraction of sp³-hybridized carbons (Fsp3) is 0.200. The molecule has 0 saturated carbocycles. The molecule has 0 spiro atoms. The largest absolute Gasteiger partial charge is 0.496 e. The van der Waals surface area contributed by atoms with Crippen LogP contribution < -0.4 is 24.8 Å². The van der Waals surface area contributed by atoms with E-state index in [1.807, 2.05) is 0 Å². The topological polar surface area (TPSA) is 85.9 Å². The first-order chi connectivity index (χ1) is 16.4. The van der Waals surface area contributed by atoms with Gasteiger partial charge in [0.15, 0.2) is 0 Å². The van der Waals surface area contributed by atoms with Gasteiger partial charge in [-0.05, 0) is 56.3 Å². The first-order valence-electron chi connectivity index (χ1n) is 10.5. The Kier molecular flexibility index (Phi) is 8.02. The van der Waals surface area contributed by atoms with Crippen LogP contribution in [0.3, 0.4) is 0 Å². The van der Waals surface area contributed by atoms with Crippen molar-refractivity contribution >= 4 is 23.2 Å². The lowest BCUT2D eigenvalue weighted by molar-refractivity contribution is 0.102. The molecule has 0 radical (unpaired) electrons. The van der Waals surface area contributed by atoms with Gasteiger partial charge in [0, 0.05) is 17.7 Å². The summed E-state index contributed by atoms with van der Waals surface area (Å²) in [5.41, 5.74) is -0.120. The molecule has 34 heavy (non-hydrogen) atoms. The summed E-state index contributed by atoms with van der Waals surface area (Å²) in [5.74, 6) is -1.72. The lowest BCUT2D eigenvalue weighted by Crippen LogP contribution is -2.17. The lowest BCUT2D eigenvalue weighted by Gasteiger charge is -2.13. The Balaban J connectivity index is 1.86. The van der Waals surface area contributed by atoms with Crippen LogP contribution in [0, 0.1) is 11.6 Å². The van der Waals surface area contributed by atoms with Gasteiger partial charge in [-0.1, -0.05) is 0 Å². The normalized spacial score (nSPS) is 10.4. The van der Waals surface area contributed by atoms with E-state index in [1.54, 1.807) is 13.8 Å². The van der Waals surface area contributed by atoms with Crippen LogP contribution in [0.15, 0.2) is 54.6 Å². The molecule has 2 amide bonds. The summed E-state index contributed by atoms with van der Waals surface area (Å²) in [6.07, 6.45) is 0. The van der Waals surface area contributed by atoms with Crippen molar-refractivity contribution in [2.45, 2.75) is 13.8 Å². The average molecular weight is 470 g/mol. The van der Waals surface area contributed by atoms with Crippen LogP contribution in [-0.2, 0) is 0 Å². The Hall–Kier alpha value is -4.14. The summed E-state index contributed by atoms with van der Waals surface area (Å²) in [6.45, 7) is 4.31.